The molecule has 1 aromatic heterocycles. The second-order valence-electron chi connectivity index (χ2n) is 9.09. The average molecular weight is 458 g/mol. The number of Topliss-reactive ketones (excluding diaryl/α,β-unsaturated/α-hetero) is 1. The van der Waals surface area contributed by atoms with Gasteiger partial charge in [-0.3, -0.25) is 9.59 Å². The zero-order valence-electron chi connectivity index (χ0n) is 19.5. The normalized spacial score (nSPS) is 18.6. The maximum Gasteiger partial charge on any atom is 0.295 e. The van der Waals surface area contributed by atoms with Crippen molar-refractivity contribution >= 4 is 28.8 Å². The molecule has 1 unspecified atom stereocenters. The molecule has 2 heterocycles. The highest BCUT2D eigenvalue weighted by Crippen LogP contribution is 2.42. The number of ketones is 1. The van der Waals surface area contributed by atoms with Crippen LogP contribution in [0.4, 0.5) is 0 Å². The van der Waals surface area contributed by atoms with Crippen molar-refractivity contribution in [2.24, 2.45) is 0 Å². The maximum atomic E-state index is 13.1. The van der Waals surface area contributed by atoms with Gasteiger partial charge in [-0.05, 0) is 48.9 Å². The molecule has 32 heavy (non-hydrogen) atoms. The average Bonchev–Trinajstić information content (AvgIpc) is 3.34. The topological polar surface area (TPSA) is 76.1 Å². The number of nitrogens with zero attached hydrogens (tertiary/aromatic N) is 1. The fourth-order valence-electron chi connectivity index (χ4n) is 3.84. The van der Waals surface area contributed by atoms with E-state index in [1.165, 1.54) is 16.2 Å². The van der Waals surface area contributed by atoms with Crippen molar-refractivity contribution in [1.82, 2.24) is 4.90 Å². The molecule has 6 nitrogen and oxygen atoms in total. The minimum Gasteiger partial charge on any atom is -0.507 e. The Kier molecular flexibility index (Phi) is 7.10. The van der Waals surface area contributed by atoms with Crippen LogP contribution in [0.3, 0.4) is 0 Å². The minimum atomic E-state index is -0.682. The highest BCUT2D eigenvalue weighted by Gasteiger charge is 2.46. The van der Waals surface area contributed by atoms with Gasteiger partial charge in [0.15, 0.2) is 0 Å². The summed E-state index contributed by atoms with van der Waals surface area (Å²) in [6.45, 7) is 10.6. The van der Waals surface area contributed by atoms with Crippen LogP contribution in [-0.4, -0.2) is 48.1 Å². The highest BCUT2D eigenvalue weighted by atomic mass is 32.1. The molecule has 0 radical (unpaired) electrons. The highest BCUT2D eigenvalue weighted by molar-refractivity contribution is 7.10. The van der Waals surface area contributed by atoms with Gasteiger partial charge < -0.3 is 19.5 Å². The Morgan fingerprint density at radius 2 is 1.94 bits per heavy atom. The number of ether oxygens (including phenoxy) is 2. The molecule has 1 fully saturated rings. The Hall–Kier alpha value is -2.64. The van der Waals surface area contributed by atoms with Gasteiger partial charge in [0.1, 0.15) is 11.5 Å². The van der Waals surface area contributed by atoms with Crippen molar-refractivity contribution in [3.05, 3.63) is 57.3 Å². The number of likely N-dealkylation sites (tertiary alicyclic amines) is 1. The van der Waals surface area contributed by atoms with Gasteiger partial charge in [0.2, 0.25) is 0 Å². The molecule has 1 amide bonds. The number of amides is 1. The molecule has 1 saturated heterocycles. The van der Waals surface area contributed by atoms with Gasteiger partial charge in [-0.2, -0.15) is 0 Å². The van der Waals surface area contributed by atoms with Crippen molar-refractivity contribution < 1.29 is 24.2 Å². The van der Waals surface area contributed by atoms with Crippen molar-refractivity contribution in [1.29, 1.82) is 0 Å². The van der Waals surface area contributed by atoms with Crippen LogP contribution in [0.1, 0.15) is 56.7 Å². The van der Waals surface area contributed by atoms with Crippen molar-refractivity contribution in [2.75, 3.05) is 20.3 Å². The molecule has 1 aromatic carbocycles. The van der Waals surface area contributed by atoms with Gasteiger partial charge >= 0.3 is 0 Å². The lowest BCUT2D eigenvalue weighted by Gasteiger charge is -2.25. The van der Waals surface area contributed by atoms with Crippen LogP contribution in [0.2, 0.25) is 0 Å². The first-order chi connectivity index (χ1) is 15.1. The summed E-state index contributed by atoms with van der Waals surface area (Å²) in [6, 6.07) is 8.42. The van der Waals surface area contributed by atoms with E-state index in [1.807, 2.05) is 58.2 Å². The van der Waals surface area contributed by atoms with Crippen LogP contribution in [0.25, 0.3) is 5.76 Å². The molecule has 0 saturated carbocycles. The third-order valence-corrected chi connectivity index (χ3v) is 6.34. The molecule has 3 rings (SSSR count). The summed E-state index contributed by atoms with van der Waals surface area (Å²) in [5.74, 6) is -0.780. The predicted molar refractivity (Wildman–Crippen MR) is 126 cm³/mol. The number of carbonyl (C=O) groups excluding carboxylic acids is 2. The molecular weight excluding hydrogens is 426 g/mol. The molecule has 7 heteroatoms. The molecular formula is C25H31NO5S. The Balaban J connectivity index is 2.11. The van der Waals surface area contributed by atoms with E-state index < -0.39 is 17.7 Å². The lowest BCUT2D eigenvalue weighted by atomic mass is 9.84. The molecule has 172 valence electrons. The number of carbonyl (C=O) groups is 2. The van der Waals surface area contributed by atoms with E-state index in [0.29, 0.717) is 17.9 Å². The first-order valence-electron chi connectivity index (χ1n) is 10.7. The number of hydrogen-bond acceptors (Lipinski definition) is 6. The molecule has 2 aromatic rings. The Morgan fingerprint density at radius 1 is 1.22 bits per heavy atom. The lowest BCUT2D eigenvalue weighted by molar-refractivity contribution is -0.140. The zero-order valence-corrected chi connectivity index (χ0v) is 20.3. The van der Waals surface area contributed by atoms with Crippen molar-refractivity contribution in [3.8, 4) is 5.75 Å². The number of thiophene rings is 1. The van der Waals surface area contributed by atoms with Gasteiger partial charge in [0.05, 0.1) is 31.4 Å². The number of hydrogen-bond donors (Lipinski definition) is 1. The summed E-state index contributed by atoms with van der Waals surface area (Å²) in [4.78, 5) is 28.3. The summed E-state index contributed by atoms with van der Waals surface area (Å²) in [5.41, 5.74) is 1.24. The van der Waals surface area contributed by atoms with E-state index >= 15 is 0 Å². The van der Waals surface area contributed by atoms with E-state index in [4.69, 9.17) is 9.47 Å². The summed E-state index contributed by atoms with van der Waals surface area (Å²) < 4.78 is 11.1. The van der Waals surface area contributed by atoms with Crippen LogP contribution in [0.15, 0.2) is 41.3 Å². The number of aliphatic hydroxyl groups is 1. The Bertz CT molecular complexity index is 1020. The number of methoxy groups -OCH3 is 1. The van der Waals surface area contributed by atoms with Gasteiger partial charge in [0, 0.05) is 22.5 Å². The quantitative estimate of drug-likeness (QED) is 0.364. The first kappa shape index (κ1) is 24.0. The number of benzene rings is 1. The minimum absolute atomic E-state index is 0.0159. The molecule has 1 N–H and O–H groups in total. The summed E-state index contributed by atoms with van der Waals surface area (Å²) in [7, 11) is 1.60. The van der Waals surface area contributed by atoms with E-state index in [2.05, 4.69) is 0 Å². The second-order valence-corrected chi connectivity index (χ2v) is 10.1. The lowest BCUT2D eigenvalue weighted by Crippen LogP contribution is -2.33. The maximum absolute atomic E-state index is 13.1. The largest absolute Gasteiger partial charge is 0.507 e. The second kappa shape index (κ2) is 9.46. The van der Waals surface area contributed by atoms with Gasteiger partial charge in [0.25, 0.3) is 11.7 Å². The van der Waals surface area contributed by atoms with E-state index in [-0.39, 0.29) is 29.4 Å². The van der Waals surface area contributed by atoms with Crippen LogP contribution < -0.4 is 4.74 Å². The van der Waals surface area contributed by atoms with E-state index in [9.17, 15) is 14.7 Å². The van der Waals surface area contributed by atoms with E-state index in [1.54, 1.807) is 19.2 Å². The molecule has 0 bridgehead atoms. The van der Waals surface area contributed by atoms with Crippen LogP contribution in [-0.2, 0) is 19.7 Å². The van der Waals surface area contributed by atoms with Crippen LogP contribution >= 0.6 is 11.3 Å². The molecule has 0 spiro atoms. The first-order valence-corrected chi connectivity index (χ1v) is 11.6. The SMILES string of the molecule is COc1ccc(/C(O)=C2/C(=O)C(=O)N(CCOC(C)C)C2c2cccs2)cc1C(C)(C)C. The third-order valence-electron chi connectivity index (χ3n) is 5.42. The fourth-order valence-corrected chi connectivity index (χ4v) is 4.68. The smallest absolute Gasteiger partial charge is 0.295 e. The monoisotopic (exact) mass is 457 g/mol. The summed E-state index contributed by atoms with van der Waals surface area (Å²) >= 11 is 1.45. The number of aliphatic hydroxyl groups excluding tert-OH is 1. The molecule has 1 aliphatic rings. The molecule has 0 aliphatic carbocycles. The van der Waals surface area contributed by atoms with Crippen molar-refractivity contribution in [2.45, 2.75) is 52.2 Å². The third kappa shape index (κ3) is 4.74. The van der Waals surface area contributed by atoms with E-state index in [0.717, 1.165) is 10.4 Å². The van der Waals surface area contributed by atoms with Crippen molar-refractivity contribution in [3.63, 3.8) is 0 Å². The van der Waals surface area contributed by atoms with Crippen LogP contribution in [0.5, 0.6) is 5.75 Å². The van der Waals surface area contributed by atoms with Gasteiger partial charge in [-0.15, -0.1) is 11.3 Å². The number of rotatable bonds is 7. The van der Waals surface area contributed by atoms with Gasteiger partial charge in [-0.25, -0.2) is 0 Å². The fraction of sp³-hybridized carbons (Fsp3) is 0.440. The predicted octanol–water partition coefficient (Wildman–Crippen LogP) is 4.90. The Labute approximate surface area is 193 Å². The Morgan fingerprint density at radius 3 is 2.50 bits per heavy atom. The van der Waals surface area contributed by atoms with Gasteiger partial charge in [-0.1, -0.05) is 26.8 Å². The summed E-state index contributed by atoms with van der Waals surface area (Å²) in [6.07, 6.45) is 0.0159. The molecule has 1 atom stereocenters. The zero-order chi connectivity index (χ0) is 23.6. The molecule has 1 aliphatic heterocycles. The summed E-state index contributed by atoms with van der Waals surface area (Å²) in [5, 5.41) is 13.2. The standard InChI is InChI=1S/C25H31NO5S/c1-15(2)31-12-11-26-21(19-8-7-13-32-19)20(23(28)24(26)29)22(27)16-9-10-18(30-6)17(14-16)25(3,4)5/h7-10,13-15,21,27H,11-12H2,1-6H3/b22-20-. The van der Waals surface area contributed by atoms with Crippen LogP contribution in [0, 0.1) is 0 Å².